The molecule has 2 heterocycles. The highest BCUT2D eigenvalue weighted by molar-refractivity contribution is 5.84. The van der Waals surface area contributed by atoms with Gasteiger partial charge in [-0.2, -0.15) is 9.66 Å². The van der Waals surface area contributed by atoms with Gasteiger partial charge in [-0.3, -0.25) is 0 Å². The molecule has 0 fully saturated rings. The molecule has 2 aromatic heterocycles. The molecule has 0 spiro atoms. The predicted octanol–water partition coefficient (Wildman–Crippen LogP) is 2.45. The second-order valence-electron chi connectivity index (χ2n) is 3.73. The Hall–Kier alpha value is -2.40. The fourth-order valence-electron chi connectivity index (χ4n) is 1.95. The zero-order valence-electron chi connectivity index (χ0n) is 8.59. The lowest BCUT2D eigenvalue weighted by molar-refractivity contribution is -0.510. The van der Waals surface area contributed by atoms with Gasteiger partial charge in [-0.05, 0) is 17.5 Å². The molecule has 0 N–H and O–H groups in total. The van der Waals surface area contributed by atoms with E-state index in [0.717, 1.165) is 10.9 Å². The van der Waals surface area contributed by atoms with Crippen molar-refractivity contribution >= 4 is 16.3 Å². The summed E-state index contributed by atoms with van der Waals surface area (Å²) in [4.78, 5) is 0. The van der Waals surface area contributed by atoms with Crippen molar-refractivity contribution in [1.82, 2.24) is 0 Å². The molecule has 0 saturated carbocycles. The molecular weight excluding hydrogens is 196 g/mol. The van der Waals surface area contributed by atoms with Crippen molar-refractivity contribution in [3.05, 3.63) is 60.4 Å². The van der Waals surface area contributed by atoms with Crippen LogP contribution in [0.25, 0.3) is 16.3 Å². The first-order valence-electron chi connectivity index (χ1n) is 5.11. The van der Waals surface area contributed by atoms with Crippen molar-refractivity contribution in [2.24, 2.45) is 0 Å². The van der Waals surface area contributed by atoms with E-state index in [-0.39, 0.29) is 0 Å². The van der Waals surface area contributed by atoms with Crippen LogP contribution in [-0.2, 0) is 0 Å². The molecule has 74 valence electrons. The maximum absolute atomic E-state index is 9.04. The van der Waals surface area contributed by atoms with Crippen LogP contribution in [-0.4, -0.2) is 0 Å². The highest BCUT2D eigenvalue weighted by atomic mass is 14.8. The van der Waals surface area contributed by atoms with Crippen LogP contribution in [0.1, 0.15) is 5.56 Å². The van der Waals surface area contributed by atoms with Crippen LogP contribution in [0.2, 0.25) is 0 Å². The van der Waals surface area contributed by atoms with Crippen molar-refractivity contribution < 1.29 is 4.40 Å². The first-order chi connectivity index (χ1) is 7.88. The molecule has 3 aromatic rings. The minimum atomic E-state index is 0.702. The summed E-state index contributed by atoms with van der Waals surface area (Å²) in [7, 11) is 0. The van der Waals surface area contributed by atoms with E-state index in [9.17, 15) is 0 Å². The van der Waals surface area contributed by atoms with E-state index in [1.165, 1.54) is 5.39 Å². The van der Waals surface area contributed by atoms with Gasteiger partial charge in [0.1, 0.15) is 11.6 Å². The number of pyridine rings is 2. The van der Waals surface area contributed by atoms with Gasteiger partial charge in [0, 0.05) is 17.5 Å². The fourth-order valence-corrected chi connectivity index (χ4v) is 1.95. The third-order valence-electron chi connectivity index (χ3n) is 2.75. The number of hydrogen-bond donors (Lipinski definition) is 0. The minimum Gasteiger partial charge on any atom is -0.192 e. The van der Waals surface area contributed by atoms with E-state index in [4.69, 9.17) is 5.26 Å². The maximum atomic E-state index is 9.04. The molecule has 0 radical (unpaired) electrons. The van der Waals surface area contributed by atoms with Crippen LogP contribution in [0, 0.1) is 11.3 Å². The normalized spacial score (nSPS) is 10.4. The van der Waals surface area contributed by atoms with E-state index in [1.807, 2.05) is 47.1 Å². The molecule has 16 heavy (non-hydrogen) atoms. The maximum Gasteiger partial charge on any atom is 0.229 e. The summed E-state index contributed by atoms with van der Waals surface area (Å²) in [5.74, 6) is 0. The Morgan fingerprint density at radius 1 is 1.00 bits per heavy atom. The molecule has 0 unspecified atom stereocenters. The monoisotopic (exact) mass is 205 g/mol. The van der Waals surface area contributed by atoms with Crippen LogP contribution in [0.15, 0.2) is 54.9 Å². The van der Waals surface area contributed by atoms with Crippen molar-refractivity contribution in [3.63, 3.8) is 0 Å². The van der Waals surface area contributed by atoms with Crippen LogP contribution >= 0.6 is 0 Å². The van der Waals surface area contributed by atoms with E-state index < -0.39 is 0 Å². The zero-order chi connectivity index (χ0) is 11.0. The van der Waals surface area contributed by atoms with E-state index in [0.29, 0.717) is 5.56 Å². The average Bonchev–Trinajstić information content (AvgIpc) is 2.35. The number of aromatic nitrogens is 1. The lowest BCUT2D eigenvalue weighted by Crippen LogP contribution is -2.21. The molecule has 3 rings (SSSR count). The van der Waals surface area contributed by atoms with Crippen LogP contribution < -0.4 is 4.40 Å². The molecule has 0 aliphatic carbocycles. The van der Waals surface area contributed by atoms with Crippen molar-refractivity contribution in [2.75, 3.05) is 0 Å². The molecular formula is C14H9N2+. The Labute approximate surface area is 93.0 Å². The van der Waals surface area contributed by atoms with E-state index >= 15 is 0 Å². The van der Waals surface area contributed by atoms with Crippen molar-refractivity contribution in [3.8, 4) is 6.07 Å². The Bertz CT molecular complexity index is 723. The highest BCUT2D eigenvalue weighted by Gasteiger charge is 2.08. The number of nitrogens with zero attached hydrogens (tertiary/aromatic N) is 2. The standard InChI is InChI=1S/C14H9N2/c15-9-12-6-3-7-16-10-13-5-2-1-4-11(13)8-14(12)16/h1-8,10H/q+1. The second-order valence-corrected chi connectivity index (χ2v) is 3.73. The zero-order valence-corrected chi connectivity index (χ0v) is 8.59. The summed E-state index contributed by atoms with van der Waals surface area (Å²) in [5.41, 5.74) is 1.65. The van der Waals surface area contributed by atoms with Gasteiger partial charge in [-0.15, -0.1) is 0 Å². The lowest BCUT2D eigenvalue weighted by Gasteiger charge is -1.97. The second kappa shape index (κ2) is 3.32. The summed E-state index contributed by atoms with van der Waals surface area (Å²) >= 11 is 0. The van der Waals surface area contributed by atoms with E-state index in [1.54, 1.807) is 0 Å². The number of hydrogen-bond acceptors (Lipinski definition) is 1. The van der Waals surface area contributed by atoms with Crippen LogP contribution in [0.5, 0.6) is 0 Å². The largest absolute Gasteiger partial charge is 0.229 e. The van der Waals surface area contributed by atoms with E-state index in [2.05, 4.69) is 18.2 Å². The fraction of sp³-hybridized carbons (Fsp3) is 0. The van der Waals surface area contributed by atoms with Gasteiger partial charge < -0.3 is 0 Å². The molecule has 0 aliphatic rings. The Balaban J connectivity index is 2.52. The molecule has 0 bridgehead atoms. The van der Waals surface area contributed by atoms with Crippen molar-refractivity contribution in [2.45, 2.75) is 0 Å². The van der Waals surface area contributed by atoms with Crippen LogP contribution in [0.4, 0.5) is 0 Å². The van der Waals surface area contributed by atoms with Gasteiger partial charge in [0.15, 0.2) is 12.4 Å². The summed E-state index contributed by atoms with van der Waals surface area (Å²) in [6, 6.07) is 16.1. The van der Waals surface area contributed by atoms with Crippen LogP contribution in [0.3, 0.4) is 0 Å². The Morgan fingerprint density at radius 3 is 2.62 bits per heavy atom. The molecule has 1 aromatic carbocycles. The average molecular weight is 205 g/mol. The summed E-state index contributed by atoms with van der Waals surface area (Å²) < 4.78 is 1.99. The number of fused-ring (bicyclic) bond motifs is 2. The minimum absolute atomic E-state index is 0.702. The Morgan fingerprint density at radius 2 is 1.81 bits per heavy atom. The summed E-state index contributed by atoms with van der Waals surface area (Å²) in [6.07, 6.45) is 4.01. The SMILES string of the molecule is N#Cc1ccc[n+]2cc3ccccc3cc12. The van der Waals surface area contributed by atoms with Gasteiger partial charge in [-0.25, -0.2) is 0 Å². The molecule has 0 saturated heterocycles. The smallest absolute Gasteiger partial charge is 0.192 e. The molecule has 0 aliphatic heterocycles. The van der Waals surface area contributed by atoms with Gasteiger partial charge in [0.25, 0.3) is 0 Å². The third-order valence-corrected chi connectivity index (χ3v) is 2.75. The predicted molar refractivity (Wildman–Crippen MR) is 61.8 cm³/mol. The highest BCUT2D eigenvalue weighted by Crippen LogP contribution is 2.14. The number of rotatable bonds is 0. The first-order valence-corrected chi connectivity index (χ1v) is 5.11. The Kier molecular flexibility index (Phi) is 1.84. The number of benzene rings is 1. The van der Waals surface area contributed by atoms with Gasteiger partial charge in [-0.1, -0.05) is 18.2 Å². The van der Waals surface area contributed by atoms with Crippen molar-refractivity contribution in [1.29, 1.82) is 5.26 Å². The number of nitriles is 1. The first kappa shape index (κ1) is 8.87. The topological polar surface area (TPSA) is 27.9 Å². The lowest BCUT2D eigenvalue weighted by atomic mass is 10.1. The van der Waals surface area contributed by atoms with Gasteiger partial charge in [0.2, 0.25) is 5.52 Å². The summed E-state index contributed by atoms with van der Waals surface area (Å²) in [6.45, 7) is 0. The molecule has 0 atom stereocenters. The molecule has 0 amide bonds. The molecule has 2 heteroatoms. The summed E-state index contributed by atoms with van der Waals surface area (Å²) in [5, 5.41) is 11.4. The van der Waals surface area contributed by atoms with Gasteiger partial charge in [0.05, 0.1) is 0 Å². The third kappa shape index (κ3) is 1.23. The quantitative estimate of drug-likeness (QED) is 0.409. The molecule has 2 nitrogen and oxygen atoms in total. The van der Waals surface area contributed by atoms with Gasteiger partial charge >= 0.3 is 0 Å².